The first kappa shape index (κ1) is 99.2. The molecule has 3 fully saturated rings. The number of halogens is 6. The summed E-state index contributed by atoms with van der Waals surface area (Å²) < 4.78 is 66.1. The van der Waals surface area contributed by atoms with Crippen LogP contribution in [0.4, 0.5) is 51.7 Å². The van der Waals surface area contributed by atoms with E-state index in [1.165, 1.54) is 131 Å². The molecule has 6 atom stereocenters. The Hall–Kier alpha value is -13.8. The van der Waals surface area contributed by atoms with E-state index in [9.17, 15) is 53.7 Å². The Morgan fingerprint density at radius 1 is 0.464 bits per heavy atom. The highest BCUT2D eigenvalue weighted by molar-refractivity contribution is 7.12. The standard InChI is InChI=1S/C37H41F2N7O4.C33H35ClFN7O4S.C30H28ClFN6O4S/c1-8-28(48)44-19-26-36(49)43(16-10-15-42(6)7)34-33(45(26)18-22(44)5)23-17-25(39)31(29-24(38)11-9-12-27(29)47)41-35(23)46(37(34)50)32-21(4)13-14-40-30(32)20(2)3;1-7-24(44)40-15-22-31(45)39(12-11-38(5)6)29-28(41(22)14-18(40)4)19-13-20(34)27(25-21(35)9-8-10-23(25)43)37-30(19)42(32(29)46)33-26(17(2)3)36-16-47-33;1-6-21(40)36-12-19-28(41)35(5)26-25(37(19)11-15(36)4)16-10-17(31)24(22-18(32)8-7-9-20(22)39)34-27(16)38(29(26)42)30-23(14(2)3)33-13-43-30/h8-9,11-14,17,20,22,26,47H,1,10,15-16,18-19H2,2-7H3;7-10,13,16-18,22,43H,1,11-12,14-15H2,2-6H3;6-10,13-15,19,39H,1,11-12H2,2-5H3. The number of phenolic OH excluding ortho intramolecular Hbond substituents is 3. The second kappa shape index (κ2) is 39.1. The molecule has 730 valence electrons. The molecule has 3 saturated heterocycles. The first-order chi connectivity index (χ1) is 66.6. The van der Waals surface area contributed by atoms with Gasteiger partial charge < -0.3 is 69.2 Å². The smallest absolute Gasteiger partial charge is 0.283 e. The largest absolute Gasteiger partial charge is 0.507 e. The lowest BCUT2D eigenvalue weighted by atomic mass is 9.97. The number of hydrogen-bond acceptors (Lipinski definition) is 25. The number of carbonyl (C=O) groups excluding carboxylic acids is 6. The van der Waals surface area contributed by atoms with Crippen molar-refractivity contribution in [3.05, 3.63) is 221 Å². The van der Waals surface area contributed by atoms with Gasteiger partial charge in [-0.15, -0.1) is 22.7 Å². The molecule has 9 aromatic heterocycles. The molecule has 32 nitrogen and oxygen atoms in total. The third kappa shape index (κ3) is 17.2. The molecule has 0 bridgehead atoms. The summed E-state index contributed by atoms with van der Waals surface area (Å²) in [5.74, 6) is -6.72. The van der Waals surface area contributed by atoms with E-state index in [1.807, 2.05) is 117 Å². The zero-order chi connectivity index (χ0) is 101. The number of fused-ring (bicyclic) bond motifs is 15. The molecule has 40 heteroatoms. The number of pyridine rings is 7. The number of amides is 6. The van der Waals surface area contributed by atoms with Gasteiger partial charge in [-0.1, -0.05) is 103 Å². The molecular weight excluding hydrogens is 1880 g/mol. The Morgan fingerprint density at radius 2 is 0.829 bits per heavy atom. The summed E-state index contributed by atoms with van der Waals surface area (Å²) in [5, 5.41) is 34.2. The van der Waals surface area contributed by atoms with Crippen molar-refractivity contribution in [3.63, 3.8) is 0 Å². The highest BCUT2D eigenvalue weighted by Gasteiger charge is 2.52. The highest BCUT2D eigenvalue weighted by atomic mass is 35.5. The minimum Gasteiger partial charge on any atom is -0.507 e. The summed E-state index contributed by atoms with van der Waals surface area (Å²) in [6.45, 7) is 32.2. The van der Waals surface area contributed by atoms with Crippen LogP contribution in [0.5, 0.6) is 17.2 Å². The summed E-state index contributed by atoms with van der Waals surface area (Å²) >= 11 is 16.1. The molecule has 0 saturated carbocycles. The maximum Gasteiger partial charge on any atom is 0.283 e. The summed E-state index contributed by atoms with van der Waals surface area (Å²) in [6.07, 6.45) is 5.82. The van der Waals surface area contributed by atoms with Gasteiger partial charge in [-0.05, 0) is 171 Å². The lowest BCUT2D eigenvalue weighted by Gasteiger charge is -2.50. The van der Waals surface area contributed by atoms with Crippen LogP contribution in [0, 0.1) is 30.2 Å². The van der Waals surface area contributed by atoms with Crippen LogP contribution in [0.3, 0.4) is 0 Å². The van der Waals surface area contributed by atoms with E-state index in [1.54, 1.807) is 55.0 Å². The van der Waals surface area contributed by atoms with E-state index >= 15 is 22.4 Å². The number of benzene rings is 3. The molecule has 6 aliphatic heterocycles. The summed E-state index contributed by atoms with van der Waals surface area (Å²) in [6, 6.07) is 14.1. The van der Waals surface area contributed by atoms with Crippen LogP contribution in [0.2, 0.25) is 10.0 Å². The number of aryl methyl sites for hydroxylation is 1. The third-order valence-corrected chi connectivity index (χ3v) is 28.4. The van der Waals surface area contributed by atoms with Gasteiger partial charge in [0.1, 0.15) is 85.6 Å². The lowest BCUT2D eigenvalue weighted by Crippen LogP contribution is -2.67. The van der Waals surface area contributed by atoms with Gasteiger partial charge in [0.25, 0.3) is 34.4 Å². The first-order valence-electron chi connectivity index (χ1n) is 45.5. The van der Waals surface area contributed by atoms with Crippen LogP contribution in [-0.4, -0.2) is 256 Å². The van der Waals surface area contributed by atoms with Crippen molar-refractivity contribution in [2.45, 2.75) is 130 Å². The SMILES string of the molecule is C=CC(=O)N1CC2C(=O)N(C)c3c(c4cc(Cl)c(-c5c(O)cccc5F)nc4n(-c4scnc4C(C)C)c3=O)N2CC1C.C=CC(=O)N1CC2C(=O)N(CCCN(C)C)c3c(c4cc(F)c(-c5c(O)cccc5F)nc4n(-c4c(C)ccnc4C(C)C)c3=O)N2CC1C.C=CC(=O)N1CC2C(=O)N(CCN(C)C)c3c(c4cc(Cl)c(-c5c(O)cccc5F)nc4n(-c4scnc4C(C)C)c3=O)N2CC1C. The molecule has 0 spiro atoms. The van der Waals surface area contributed by atoms with Crippen LogP contribution in [0.25, 0.3) is 82.6 Å². The van der Waals surface area contributed by atoms with E-state index in [4.69, 9.17) is 33.2 Å². The predicted molar refractivity (Wildman–Crippen MR) is 537 cm³/mol. The van der Waals surface area contributed by atoms with Crippen molar-refractivity contribution in [1.29, 1.82) is 0 Å². The Labute approximate surface area is 820 Å². The average Bonchev–Trinajstić information content (AvgIpc) is 0.920. The van der Waals surface area contributed by atoms with Gasteiger partial charge in [0, 0.05) is 86.8 Å². The molecule has 6 aliphatic rings. The van der Waals surface area contributed by atoms with Gasteiger partial charge >= 0.3 is 0 Å². The van der Waals surface area contributed by atoms with E-state index < -0.39 is 81.1 Å². The van der Waals surface area contributed by atoms with E-state index in [0.717, 1.165) is 6.07 Å². The molecule has 6 amide bonds. The second-order valence-electron chi connectivity index (χ2n) is 36.9. The number of thiazole rings is 2. The van der Waals surface area contributed by atoms with E-state index in [2.05, 4.69) is 39.7 Å². The fraction of sp³-hybridized carbons (Fsp3) is 0.350. The first-order valence-corrected chi connectivity index (χ1v) is 48.0. The zero-order valence-corrected chi connectivity index (χ0v) is 82.8. The maximum absolute atomic E-state index is 16.4. The van der Waals surface area contributed by atoms with Gasteiger partial charge in [-0.2, -0.15) is 0 Å². The minimum atomic E-state index is -0.932. The van der Waals surface area contributed by atoms with Crippen molar-refractivity contribution < 1.29 is 61.6 Å². The van der Waals surface area contributed by atoms with Gasteiger partial charge in [0.05, 0.1) is 109 Å². The van der Waals surface area contributed by atoms with Gasteiger partial charge in [-0.3, -0.25) is 52.7 Å². The van der Waals surface area contributed by atoms with Crippen LogP contribution in [-0.2, 0) is 28.8 Å². The Bertz CT molecular complexity index is 7290. The van der Waals surface area contributed by atoms with Crippen molar-refractivity contribution in [2.24, 2.45) is 0 Å². The molecule has 0 radical (unpaired) electrons. The van der Waals surface area contributed by atoms with Crippen molar-refractivity contribution >= 4 is 149 Å². The minimum absolute atomic E-state index is 0.00407. The number of carbonyl (C=O) groups is 6. The average molecular weight is 1990 g/mol. The normalized spacial score (nSPS) is 17.9. The highest BCUT2D eigenvalue weighted by Crippen LogP contribution is 2.51. The van der Waals surface area contributed by atoms with E-state index in [-0.39, 0.29) is 201 Å². The number of phenols is 3. The van der Waals surface area contributed by atoms with Crippen molar-refractivity contribution in [3.8, 4) is 66.7 Å². The number of rotatable bonds is 19. The van der Waals surface area contributed by atoms with E-state index in [0.29, 0.717) is 85.7 Å². The molecule has 12 aromatic rings. The third-order valence-electron chi connectivity index (χ3n) is 26.2. The lowest BCUT2D eigenvalue weighted by molar-refractivity contribution is -0.132. The fourth-order valence-corrected chi connectivity index (χ4v) is 21.9. The zero-order valence-electron chi connectivity index (χ0n) is 79.6. The number of hydrogen-bond donors (Lipinski definition) is 3. The number of nitrogens with zero attached hydrogens (tertiary/aromatic N) is 20. The van der Waals surface area contributed by atoms with Crippen molar-refractivity contribution in [2.75, 3.05) is 130 Å². The summed E-state index contributed by atoms with van der Waals surface area (Å²) in [7, 11) is 9.11. The summed E-state index contributed by atoms with van der Waals surface area (Å²) in [4.78, 5) is 172. The number of aromatic hydroxyl groups is 3. The maximum atomic E-state index is 16.4. The second-order valence-corrected chi connectivity index (χ2v) is 39.4. The Balaban J connectivity index is 0.000000152. The molecule has 3 N–H and O–H groups in total. The van der Waals surface area contributed by atoms with Crippen LogP contribution in [0.15, 0.2) is 148 Å². The Morgan fingerprint density at radius 3 is 1.23 bits per heavy atom. The molecular formula is C100H104Cl2F4N20O12S2. The number of likely N-dealkylation sites (N-methyl/N-ethyl adjacent to an activating group) is 2. The number of anilines is 6. The van der Waals surface area contributed by atoms with Gasteiger partial charge in [-0.25, -0.2) is 51.6 Å². The molecule has 0 aliphatic carbocycles. The Kier molecular flexibility index (Phi) is 27.7. The quantitative estimate of drug-likeness (QED) is 0.0500. The number of aromatic nitrogens is 9. The fourth-order valence-electron chi connectivity index (χ4n) is 19.5. The topological polar surface area (TPSA) is 342 Å². The monoisotopic (exact) mass is 1990 g/mol. The van der Waals surface area contributed by atoms with Gasteiger partial charge in [0.2, 0.25) is 17.7 Å². The molecule has 18 rings (SSSR count). The number of piperazine rings is 3. The molecule has 15 heterocycles. The van der Waals surface area contributed by atoms with Crippen LogP contribution >= 0.6 is 45.9 Å². The molecule has 3 aromatic carbocycles. The van der Waals surface area contributed by atoms with Crippen LogP contribution < -0.4 is 46.1 Å². The summed E-state index contributed by atoms with van der Waals surface area (Å²) in [5.41, 5.74) is 5.12. The predicted octanol–water partition coefficient (Wildman–Crippen LogP) is 14.1. The molecule has 6 unspecified atom stereocenters. The van der Waals surface area contributed by atoms with Crippen LogP contribution in [0.1, 0.15) is 109 Å². The van der Waals surface area contributed by atoms with Gasteiger partial charge in [0.15, 0.2) is 22.8 Å². The van der Waals surface area contributed by atoms with Crippen molar-refractivity contribution in [1.82, 2.24) is 68.1 Å². The molecule has 140 heavy (non-hydrogen) atoms.